The Morgan fingerprint density at radius 2 is 1.94 bits per heavy atom. The highest BCUT2D eigenvalue weighted by Gasteiger charge is 2.23. The van der Waals surface area contributed by atoms with E-state index in [9.17, 15) is 19.7 Å². The number of benzene rings is 2. The fraction of sp³-hybridized carbons (Fsp3) is 0.167. The van der Waals surface area contributed by atoms with Gasteiger partial charge in [0, 0.05) is 29.2 Å². The first kappa shape index (κ1) is 22.9. The number of thiophene rings is 1. The highest BCUT2D eigenvalue weighted by atomic mass is 32.1. The molecule has 1 N–H and O–H groups in total. The van der Waals surface area contributed by atoms with Crippen molar-refractivity contribution in [3.63, 3.8) is 0 Å². The van der Waals surface area contributed by atoms with E-state index >= 15 is 0 Å². The normalized spacial score (nSPS) is 10.8. The van der Waals surface area contributed by atoms with Crippen LogP contribution in [0.25, 0.3) is 17.2 Å². The summed E-state index contributed by atoms with van der Waals surface area (Å²) in [5.41, 5.74) is 4.47. The maximum absolute atomic E-state index is 12.7. The Morgan fingerprint density at radius 3 is 2.62 bits per heavy atom. The van der Waals surface area contributed by atoms with E-state index in [0.717, 1.165) is 16.7 Å². The summed E-state index contributed by atoms with van der Waals surface area (Å²) >= 11 is 1.24. The standard InChI is InChI=1S/C24H22N2O5S/c1-4-31-24(28)22-20(19-10-8-15(2)12-16(19)3)14-32-23(22)25-21(27)11-9-17-6-5-7-18(13-17)26(29)30/h5-14H,4H2,1-3H3,(H,25,27)/b11-9+. The van der Waals surface area contributed by atoms with Gasteiger partial charge in [0.2, 0.25) is 5.91 Å². The predicted molar refractivity (Wildman–Crippen MR) is 126 cm³/mol. The van der Waals surface area contributed by atoms with Crippen LogP contribution in [0.5, 0.6) is 0 Å². The maximum Gasteiger partial charge on any atom is 0.341 e. The molecule has 1 aromatic heterocycles. The minimum Gasteiger partial charge on any atom is -0.462 e. The molecule has 0 radical (unpaired) electrons. The van der Waals surface area contributed by atoms with Gasteiger partial charge in [-0.1, -0.05) is 35.9 Å². The van der Waals surface area contributed by atoms with Gasteiger partial charge in [0.1, 0.15) is 10.6 Å². The Hall–Kier alpha value is -3.78. The van der Waals surface area contributed by atoms with Crippen molar-refractivity contribution < 1.29 is 19.2 Å². The quantitative estimate of drug-likeness (QED) is 0.213. The van der Waals surface area contributed by atoms with Crippen molar-refractivity contribution in [1.29, 1.82) is 0 Å². The number of carbonyl (C=O) groups excluding carboxylic acids is 2. The number of carbonyl (C=O) groups is 2. The molecule has 0 aliphatic carbocycles. The summed E-state index contributed by atoms with van der Waals surface area (Å²) in [7, 11) is 0. The van der Waals surface area contributed by atoms with Crippen molar-refractivity contribution in [2.75, 3.05) is 11.9 Å². The molecule has 1 amide bonds. The first-order chi connectivity index (χ1) is 15.3. The summed E-state index contributed by atoms with van der Waals surface area (Å²) in [6, 6.07) is 11.9. The van der Waals surface area contributed by atoms with E-state index in [1.54, 1.807) is 19.1 Å². The highest BCUT2D eigenvalue weighted by Crippen LogP contribution is 2.38. The second-order valence-electron chi connectivity index (χ2n) is 7.07. The molecule has 7 nitrogen and oxygen atoms in total. The van der Waals surface area contributed by atoms with Gasteiger partial charge in [-0.2, -0.15) is 0 Å². The monoisotopic (exact) mass is 450 g/mol. The smallest absolute Gasteiger partial charge is 0.341 e. The van der Waals surface area contributed by atoms with Crippen LogP contribution in [0.3, 0.4) is 0 Å². The summed E-state index contributed by atoms with van der Waals surface area (Å²) in [6.45, 7) is 5.90. The van der Waals surface area contributed by atoms with Crippen LogP contribution in [0, 0.1) is 24.0 Å². The molecule has 8 heteroatoms. The lowest BCUT2D eigenvalue weighted by atomic mass is 9.97. The number of nitro groups is 1. The van der Waals surface area contributed by atoms with Crippen molar-refractivity contribution >= 4 is 40.0 Å². The number of nitrogens with zero attached hydrogens (tertiary/aromatic N) is 1. The van der Waals surface area contributed by atoms with Gasteiger partial charge < -0.3 is 10.1 Å². The molecule has 0 aliphatic rings. The number of hydrogen-bond acceptors (Lipinski definition) is 6. The Balaban J connectivity index is 1.89. The third-order valence-electron chi connectivity index (χ3n) is 4.69. The number of amides is 1. The first-order valence-corrected chi connectivity index (χ1v) is 10.8. The van der Waals surface area contributed by atoms with E-state index in [-0.39, 0.29) is 12.3 Å². The van der Waals surface area contributed by atoms with E-state index in [1.165, 1.54) is 35.6 Å². The SMILES string of the molecule is CCOC(=O)c1c(-c2ccc(C)cc2C)csc1NC(=O)/C=C/c1cccc([N+](=O)[O-])c1. The van der Waals surface area contributed by atoms with Gasteiger partial charge in [0.05, 0.1) is 11.5 Å². The molecule has 0 bridgehead atoms. The maximum atomic E-state index is 12.7. The van der Waals surface area contributed by atoms with Crippen molar-refractivity contribution in [2.24, 2.45) is 0 Å². The lowest BCUT2D eigenvalue weighted by molar-refractivity contribution is -0.384. The molecular formula is C24H22N2O5S. The van der Waals surface area contributed by atoms with Crippen LogP contribution >= 0.6 is 11.3 Å². The summed E-state index contributed by atoms with van der Waals surface area (Å²) in [4.78, 5) is 35.6. The molecule has 0 fully saturated rings. The lowest BCUT2D eigenvalue weighted by Crippen LogP contribution is -2.12. The van der Waals surface area contributed by atoms with Crippen molar-refractivity contribution in [1.82, 2.24) is 0 Å². The number of esters is 1. The van der Waals surface area contributed by atoms with E-state index in [2.05, 4.69) is 5.32 Å². The number of rotatable bonds is 7. The van der Waals surface area contributed by atoms with Crippen LogP contribution in [0.1, 0.15) is 34.0 Å². The molecule has 0 spiro atoms. The molecule has 0 saturated carbocycles. The van der Waals surface area contributed by atoms with Crippen molar-refractivity contribution in [3.05, 3.63) is 86.3 Å². The molecule has 0 atom stereocenters. The Morgan fingerprint density at radius 1 is 1.16 bits per heavy atom. The molecule has 0 saturated heterocycles. The molecule has 0 aliphatic heterocycles. The number of nitrogens with one attached hydrogen (secondary N) is 1. The number of hydrogen-bond donors (Lipinski definition) is 1. The average Bonchev–Trinajstić information content (AvgIpc) is 3.15. The number of ether oxygens (including phenoxy) is 1. The first-order valence-electron chi connectivity index (χ1n) is 9.90. The summed E-state index contributed by atoms with van der Waals surface area (Å²) in [5, 5.41) is 15.8. The number of anilines is 1. The lowest BCUT2D eigenvalue weighted by Gasteiger charge is -2.10. The molecular weight excluding hydrogens is 428 g/mol. The van der Waals surface area contributed by atoms with Gasteiger partial charge in [0.15, 0.2) is 0 Å². The van der Waals surface area contributed by atoms with Gasteiger partial charge in [0.25, 0.3) is 5.69 Å². The largest absolute Gasteiger partial charge is 0.462 e. The fourth-order valence-corrected chi connectivity index (χ4v) is 4.19. The summed E-state index contributed by atoms with van der Waals surface area (Å²) in [6.07, 6.45) is 2.75. The van der Waals surface area contributed by atoms with E-state index in [1.807, 2.05) is 37.4 Å². The van der Waals surface area contributed by atoms with Crippen LogP contribution in [-0.2, 0) is 9.53 Å². The van der Waals surface area contributed by atoms with E-state index < -0.39 is 16.8 Å². The topological polar surface area (TPSA) is 98.5 Å². The zero-order chi connectivity index (χ0) is 23.3. The van der Waals surface area contributed by atoms with Crippen LogP contribution < -0.4 is 5.32 Å². The third kappa shape index (κ3) is 5.28. The molecule has 164 valence electrons. The van der Waals surface area contributed by atoms with Gasteiger partial charge in [-0.3, -0.25) is 14.9 Å². The third-order valence-corrected chi connectivity index (χ3v) is 5.58. The second kappa shape index (κ2) is 10.0. The van der Waals surface area contributed by atoms with E-state index in [0.29, 0.717) is 21.7 Å². The average molecular weight is 451 g/mol. The molecule has 0 unspecified atom stereocenters. The zero-order valence-electron chi connectivity index (χ0n) is 17.9. The number of non-ortho nitro benzene ring substituents is 1. The molecule has 3 rings (SSSR count). The van der Waals surface area contributed by atoms with Gasteiger partial charge in [-0.25, -0.2) is 4.79 Å². The molecule has 2 aromatic carbocycles. The van der Waals surface area contributed by atoms with Crippen LogP contribution in [0.2, 0.25) is 0 Å². The van der Waals surface area contributed by atoms with Crippen LogP contribution in [0.15, 0.2) is 53.9 Å². The summed E-state index contributed by atoms with van der Waals surface area (Å²) in [5.74, 6) is -0.974. The Kier molecular flexibility index (Phi) is 7.17. The predicted octanol–water partition coefficient (Wildman–Crippen LogP) is 5.77. The Bertz CT molecular complexity index is 1210. The van der Waals surface area contributed by atoms with Gasteiger partial charge >= 0.3 is 5.97 Å². The summed E-state index contributed by atoms with van der Waals surface area (Å²) < 4.78 is 5.23. The van der Waals surface area contributed by atoms with Crippen molar-refractivity contribution in [3.8, 4) is 11.1 Å². The minimum absolute atomic E-state index is 0.0616. The second-order valence-corrected chi connectivity index (χ2v) is 7.95. The number of nitro benzene ring substituents is 1. The fourth-order valence-electron chi connectivity index (χ4n) is 3.24. The van der Waals surface area contributed by atoms with Gasteiger partial charge in [-0.15, -0.1) is 11.3 Å². The van der Waals surface area contributed by atoms with Crippen LogP contribution in [0.4, 0.5) is 10.7 Å². The molecule has 3 aromatic rings. The Labute approximate surface area is 189 Å². The zero-order valence-corrected chi connectivity index (χ0v) is 18.7. The highest BCUT2D eigenvalue weighted by molar-refractivity contribution is 7.15. The minimum atomic E-state index is -0.512. The van der Waals surface area contributed by atoms with Crippen LogP contribution in [-0.4, -0.2) is 23.4 Å². The van der Waals surface area contributed by atoms with Gasteiger partial charge in [-0.05, 0) is 43.5 Å². The molecule has 32 heavy (non-hydrogen) atoms. The van der Waals surface area contributed by atoms with Crippen molar-refractivity contribution in [2.45, 2.75) is 20.8 Å². The van der Waals surface area contributed by atoms with E-state index in [4.69, 9.17) is 4.74 Å². The molecule has 1 heterocycles. The number of aryl methyl sites for hydroxylation is 2.